The standard InChI is InChI=1S/C82H134O25Si16/c1-2-30-67(29-1)108-84-110(69-33-5-6-34-69)90-116(75-45-17-18-46-75)92-111(85-108,70-35-7-8-36-70)94-118(77-49-21-22-50-77)95-112(86-108,71-37-9-10-38-71)93-117(91-110,76-47-19-20-48-76)103-122(102-116,104-118)81-61-57-65(58-62-81)83-66-59-63-82(64-60-66)123-105-119(78-51-23-24-52-78)96-113(72-39-11-12-40-72)87-109(68-31-3-4-32-68)88-114(98-119,73-41-13-14-42-73)100-121(107-123,80-55-27-28-56-80)101-115(89-109,74-43-15-16-44-74)99-120(97-113,106-123)79-53-25-26-54-79/h57-64,67-80H,1-56H2. The second-order valence-electron chi connectivity index (χ2n) is 42.9. The Morgan fingerprint density at radius 3 is 0.341 bits per heavy atom. The Bertz CT molecular complexity index is 3580. The molecule has 12 aliphatic heterocycles. The Labute approximate surface area is 746 Å². The first-order valence-corrected chi connectivity index (χ1v) is 79.5. The summed E-state index contributed by atoms with van der Waals surface area (Å²) in [5.41, 5.74) is -0.921. The van der Waals surface area contributed by atoms with Crippen molar-refractivity contribution in [1.29, 1.82) is 0 Å². The van der Waals surface area contributed by atoms with E-state index in [0.717, 1.165) is 370 Å². The van der Waals surface area contributed by atoms with Crippen LogP contribution in [0.25, 0.3) is 0 Å². The van der Waals surface area contributed by atoms with Crippen molar-refractivity contribution in [2.75, 3.05) is 0 Å². The molecule has 2 aromatic carbocycles. The number of ether oxygens (including phenoxy) is 1. The molecule has 676 valence electrons. The van der Waals surface area contributed by atoms with Crippen LogP contribution in [-0.2, 0) is 98.8 Å². The minimum absolute atomic E-state index is 0.00910. The first-order valence-electron chi connectivity index (χ1n) is 50.8. The third-order valence-electron chi connectivity index (χ3n) is 35.4. The Morgan fingerprint density at radius 2 is 0.236 bits per heavy atom. The molecule has 14 aliphatic carbocycles. The van der Waals surface area contributed by atoms with Gasteiger partial charge in [0.15, 0.2) is 0 Å². The predicted octanol–water partition coefficient (Wildman–Crippen LogP) is 20.7. The van der Waals surface area contributed by atoms with Gasteiger partial charge >= 0.3 is 141 Å². The van der Waals surface area contributed by atoms with E-state index in [2.05, 4.69) is 48.5 Å². The summed E-state index contributed by atoms with van der Waals surface area (Å²) in [4.78, 5) is 0. The molecule has 0 atom stereocenters. The Kier molecular flexibility index (Phi) is 21.7. The van der Waals surface area contributed by atoms with Gasteiger partial charge in [-0.1, -0.05) is 204 Å². The van der Waals surface area contributed by atoms with Crippen molar-refractivity contribution in [2.45, 2.75) is 437 Å². The molecule has 0 unspecified atom stereocenters. The fourth-order valence-corrected chi connectivity index (χ4v) is 140. The number of hydrogen-bond donors (Lipinski definition) is 0. The first-order chi connectivity index (χ1) is 60.1. The van der Waals surface area contributed by atoms with Crippen LogP contribution in [0.4, 0.5) is 0 Å². The smallest absolute Gasteiger partial charge is 0.457 e. The average Bonchev–Trinajstić information content (AvgIpc) is 1.56. The van der Waals surface area contributed by atoms with Gasteiger partial charge in [-0.3, -0.25) is 0 Å². The fraction of sp³-hybridized carbons (Fsp3) is 0.854. The lowest BCUT2D eigenvalue weighted by molar-refractivity contribution is -0.0472. The van der Waals surface area contributed by atoms with Crippen molar-refractivity contribution in [3.8, 4) is 11.5 Å². The SMILES string of the molecule is c1cc([Si]23O[Si]4(C5CCCC5)O[Si]5(C6CCCC6)O[Si](C6CCCC6)(O2)O[Si]2(C6CCCC6)O[Si](C6CCCC6)(O3)O[Si](C3CCCC3)(O4)O[Si](C3CCCC3)(O5)O2)ccc1Oc1ccc([Si]23O[Si]4(C5CCCC5)O[Si]5(C6CCCC6)O[Si](C6CCCC6)(O2)O[Si]2(C6CCCC6)O[Si](C6CCCC6)(O3)O[Si](C3CCCC3)(O4)O[Si](C3CCCC3)(O5)O2)cc1. The van der Waals surface area contributed by atoms with Gasteiger partial charge in [-0.2, -0.15) is 0 Å². The monoisotopic (exact) mass is 1970 g/mol. The summed E-state index contributed by atoms with van der Waals surface area (Å²) in [6.45, 7) is 0. The average molecular weight is 1970 g/mol. The number of hydrogen-bond acceptors (Lipinski definition) is 25. The molecular formula is C82H134O25Si16. The molecule has 0 spiro atoms. The van der Waals surface area contributed by atoms with Crippen molar-refractivity contribution in [3.63, 3.8) is 0 Å². The highest BCUT2D eigenvalue weighted by atomic mass is 28.6. The lowest BCUT2D eigenvalue weighted by Gasteiger charge is -2.66. The van der Waals surface area contributed by atoms with Crippen molar-refractivity contribution in [2.24, 2.45) is 0 Å². The van der Waals surface area contributed by atoms with E-state index >= 15 is 0 Å². The maximum absolute atomic E-state index is 8.85. The molecule has 41 heteroatoms. The van der Waals surface area contributed by atoms with Crippen LogP contribution in [0.2, 0.25) is 77.6 Å². The quantitative estimate of drug-likeness (QED) is 0.126. The van der Waals surface area contributed by atoms with Gasteiger partial charge in [0.2, 0.25) is 0 Å². The maximum Gasteiger partial charge on any atom is 0.515 e. The molecule has 25 nitrogen and oxygen atoms in total. The molecule has 123 heavy (non-hydrogen) atoms. The molecule has 2 aromatic rings. The van der Waals surface area contributed by atoms with Crippen LogP contribution in [0, 0.1) is 0 Å². The van der Waals surface area contributed by atoms with Crippen molar-refractivity contribution in [1.82, 2.24) is 0 Å². The zero-order valence-electron chi connectivity index (χ0n) is 72.5. The molecule has 0 N–H and O–H groups in total. The Morgan fingerprint density at radius 1 is 0.138 bits per heavy atom. The van der Waals surface area contributed by atoms with Crippen LogP contribution >= 0.6 is 0 Å². The fourth-order valence-electron chi connectivity index (χ4n) is 29.0. The van der Waals surface area contributed by atoms with E-state index in [1.165, 1.54) is 0 Å². The zero-order valence-corrected chi connectivity index (χ0v) is 88.5. The van der Waals surface area contributed by atoms with Crippen LogP contribution < -0.4 is 15.1 Å². The van der Waals surface area contributed by atoms with Crippen LogP contribution in [0.15, 0.2) is 48.5 Å². The van der Waals surface area contributed by atoms with Crippen LogP contribution in [0.5, 0.6) is 11.5 Å². The second-order valence-corrected chi connectivity index (χ2v) is 94.2. The van der Waals surface area contributed by atoms with E-state index in [1.807, 2.05) is 0 Å². The molecule has 12 saturated heterocycles. The molecule has 0 aromatic heterocycles. The summed E-state index contributed by atoms with van der Waals surface area (Å²) in [7, 11) is -68.1. The summed E-state index contributed by atoms with van der Waals surface area (Å²) >= 11 is 0. The minimum atomic E-state index is -4.61. The van der Waals surface area contributed by atoms with Gasteiger partial charge in [-0.05, 0) is 204 Å². The molecule has 0 radical (unpaired) electrons. The lowest BCUT2D eigenvalue weighted by atomic mass is 10.3. The van der Waals surface area contributed by atoms with Crippen molar-refractivity contribution >= 4 is 151 Å². The Hall–Kier alpha value is 0.750. The van der Waals surface area contributed by atoms with Crippen LogP contribution in [0.3, 0.4) is 0 Å². The highest BCUT2D eigenvalue weighted by Crippen LogP contribution is 2.71. The molecular weight excluding hydrogens is 1830 g/mol. The van der Waals surface area contributed by atoms with Crippen molar-refractivity contribution in [3.05, 3.63) is 48.5 Å². The molecule has 26 fully saturated rings. The molecule has 14 saturated carbocycles. The summed E-state index contributed by atoms with van der Waals surface area (Å²) in [6, 6.07) is 17.0. The number of benzene rings is 2. The van der Waals surface area contributed by atoms with Gasteiger partial charge in [0.1, 0.15) is 11.5 Å². The van der Waals surface area contributed by atoms with Crippen molar-refractivity contribution < 1.29 is 104 Å². The minimum Gasteiger partial charge on any atom is -0.457 e. The van der Waals surface area contributed by atoms with Gasteiger partial charge in [0.25, 0.3) is 0 Å². The Balaban J connectivity index is 0.632. The molecule has 0 amide bonds. The zero-order chi connectivity index (χ0) is 81.3. The summed E-state index contributed by atoms with van der Waals surface area (Å²) < 4.78 is 219. The van der Waals surface area contributed by atoms with E-state index in [-0.39, 0.29) is 77.6 Å². The summed E-state index contributed by atoms with van der Waals surface area (Å²) in [5, 5.41) is 1.56. The van der Waals surface area contributed by atoms with Crippen LogP contribution in [0.1, 0.15) is 360 Å². The summed E-state index contributed by atoms with van der Waals surface area (Å²) in [5.74, 6) is 1.26. The van der Waals surface area contributed by atoms with Gasteiger partial charge in [-0.25, -0.2) is 0 Å². The number of rotatable bonds is 18. The van der Waals surface area contributed by atoms with E-state index < -0.39 is 141 Å². The third kappa shape index (κ3) is 13.6. The largest absolute Gasteiger partial charge is 0.515 e. The second kappa shape index (κ2) is 31.7. The highest BCUT2D eigenvalue weighted by Gasteiger charge is 2.92. The predicted molar refractivity (Wildman–Crippen MR) is 481 cm³/mol. The molecule has 28 rings (SSSR count). The van der Waals surface area contributed by atoms with E-state index in [0.29, 0.717) is 11.5 Å². The van der Waals surface area contributed by atoms with E-state index in [1.54, 1.807) is 0 Å². The van der Waals surface area contributed by atoms with E-state index in [9.17, 15) is 0 Å². The van der Waals surface area contributed by atoms with E-state index in [4.69, 9.17) is 104 Å². The van der Waals surface area contributed by atoms with Gasteiger partial charge in [0, 0.05) is 87.9 Å². The van der Waals surface area contributed by atoms with Crippen LogP contribution in [-0.4, -0.2) is 141 Å². The van der Waals surface area contributed by atoms with Gasteiger partial charge in [0.05, 0.1) is 0 Å². The molecule has 12 heterocycles. The van der Waals surface area contributed by atoms with Gasteiger partial charge < -0.3 is 104 Å². The highest BCUT2D eigenvalue weighted by molar-refractivity contribution is 7.09. The summed E-state index contributed by atoms with van der Waals surface area (Å²) in [6.07, 6.45) is 54.5. The normalized spacial score (nSPS) is 47.9. The molecule has 26 aliphatic rings. The maximum atomic E-state index is 8.85. The lowest BCUT2D eigenvalue weighted by Crippen LogP contribution is -2.91. The molecule has 16 bridgehead atoms. The topological polar surface area (TPSA) is 231 Å². The first kappa shape index (κ1) is 84.3. The van der Waals surface area contributed by atoms with Gasteiger partial charge in [-0.15, -0.1) is 0 Å². The third-order valence-corrected chi connectivity index (χ3v) is 114.